The quantitative estimate of drug-likeness (QED) is 0.0210. The third-order valence-electron chi connectivity index (χ3n) is 8.58. The molecule has 3 aromatic rings. The molecular weight excluding hydrogens is 790 g/mol. The molecule has 0 aromatic carbocycles. The number of nitrogens with two attached hydrogens (primary N) is 2. The smallest absolute Gasteiger partial charge is 0.343 e. The minimum Gasteiger partial charge on any atom is -0.379 e. The van der Waals surface area contributed by atoms with E-state index in [1.807, 2.05) is 0 Å². The molecule has 0 unspecified atom stereocenters. The van der Waals surface area contributed by atoms with E-state index in [0.29, 0.717) is 97.9 Å². The van der Waals surface area contributed by atoms with Gasteiger partial charge in [0.15, 0.2) is 17.3 Å². The summed E-state index contributed by atoms with van der Waals surface area (Å²) < 4.78 is 16.7. The molecule has 3 rings (SSSR count). The maximum atomic E-state index is 13.1. The molecule has 0 aliphatic carbocycles. The average Bonchev–Trinajstić information content (AvgIpc) is 4.03. The van der Waals surface area contributed by atoms with Crippen LogP contribution in [-0.2, 0) is 23.8 Å². The lowest BCUT2D eigenvalue weighted by molar-refractivity contribution is -0.389. The molecule has 0 saturated carbocycles. The van der Waals surface area contributed by atoms with Crippen molar-refractivity contribution in [3.05, 3.63) is 45.4 Å². The minimum atomic E-state index is -0.866. The van der Waals surface area contributed by atoms with Crippen LogP contribution in [0, 0.1) is 10.1 Å². The van der Waals surface area contributed by atoms with Crippen LogP contribution in [-0.4, -0.2) is 150 Å². The Morgan fingerprint density at radius 2 is 1.17 bits per heavy atom. The fourth-order valence-electron chi connectivity index (χ4n) is 5.35. The summed E-state index contributed by atoms with van der Waals surface area (Å²) in [6.45, 7) is 4.34. The fourth-order valence-corrected chi connectivity index (χ4v) is 5.35. The highest BCUT2D eigenvalue weighted by atomic mass is 16.6. The van der Waals surface area contributed by atoms with Crippen molar-refractivity contribution in [2.24, 2.45) is 11.5 Å². The molecule has 0 aliphatic rings. The minimum absolute atomic E-state index is 0.0143. The van der Waals surface area contributed by atoms with E-state index >= 15 is 0 Å². The van der Waals surface area contributed by atoms with Crippen LogP contribution >= 0.6 is 0 Å². The first-order valence-corrected chi connectivity index (χ1v) is 19.7. The molecule has 332 valence electrons. The summed E-state index contributed by atoms with van der Waals surface area (Å²) in [5, 5.41) is 45.5. The second kappa shape index (κ2) is 27.8. The van der Waals surface area contributed by atoms with E-state index in [1.54, 1.807) is 7.05 Å². The van der Waals surface area contributed by atoms with Gasteiger partial charge >= 0.3 is 5.82 Å². The van der Waals surface area contributed by atoms with Gasteiger partial charge in [0.1, 0.15) is 17.4 Å². The van der Waals surface area contributed by atoms with E-state index in [4.69, 9.17) is 25.7 Å². The Morgan fingerprint density at radius 1 is 0.667 bits per heavy atom. The van der Waals surface area contributed by atoms with Gasteiger partial charge in [-0.15, -0.1) is 5.10 Å². The zero-order valence-electron chi connectivity index (χ0n) is 33.6. The highest BCUT2D eigenvalue weighted by Gasteiger charge is 2.23. The molecule has 3 aromatic heterocycles. The normalized spacial score (nSPS) is 12.1. The van der Waals surface area contributed by atoms with Gasteiger partial charge in [-0.2, -0.15) is 10.2 Å². The number of H-pyrrole nitrogens is 3. The molecule has 25 nitrogen and oxygen atoms in total. The lowest BCUT2D eigenvalue weighted by atomic mass is 10.1. The Morgan fingerprint density at radius 3 is 1.68 bits per heavy atom. The van der Waals surface area contributed by atoms with Crippen molar-refractivity contribution in [3.63, 3.8) is 0 Å². The van der Waals surface area contributed by atoms with Crippen LogP contribution in [0.2, 0.25) is 0 Å². The van der Waals surface area contributed by atoms with E-state index in [0.717, 1.165) is 25.3 Å². The summed E-state index contributed by atoms with van der Waals surface area (Å²) in [5.41, 5.74) is 10.8. The lowest BCUT2D eigenvalue weighted by Crippen LogP contribution is -2.47. The Balaban J connectivity index is 1.28. The molecule has 0 spiro atoms. The highest BCUT2D eigenvalue weighted by Crippen LogP contribution is 2.13. The Labute approximate surface area is 345 Å². The molecule has 3 heterocycles. The van der Waals surface area contributed by atoms with Crippen molar-refractivity contribution in [2.75, 3.05) is 83.5 Å². The van der Waals surface area contributed by atoms with Crippen molar-refractivity contribution in [1.29, 1.82) is 0 Å². The largest absolute Gasteiger partial charge is 0.379 e. The number of ether oxygens (including phenoxy) is 3. The number of nitrogens with one attached hydrogen (secondary N) is 9. The number of amides is 5. The number of anilines is 2. The number of likely N-dealkylation sites (N-methyl/N-ethyl adjacent to an activating group) is 1. The number of hydrogen-bond donors (Lipinski definition) is 11. The number of carbonyl (C=O) groups is 5. The monoisotopic (exact) mass is 847 g/mol. The first-order chi connectivity index (χ1) is 29.1. The van der Waals surface area contributed by atoms with Crippen molar-refractivity contribution >= 4 is 47.0 Å². The van der Waals surface area contributed by atoms with E-state index in [2.05, 4.69) is 62.5 Å². The van der Waals surface area contributed by atoms with Gasteiger partial charge in [-0.3, -0.25) is 34.2 Å². The summed E-state index contributed by atoms with van der Waals surface area (Å²) in [5.74, 6) is -3.10. The van der Waals surface area contributed by atoms with Crippen LogP contribution in [0.3, 0.4) is 0 Å². The van der Waals surface area contributed by atoms with E-state index < -0.39 is 34.5 Å². The van der Waals surface area contributed by atoms with Gasteiger partial charge in [0.2, 0.25) is 11.8 Å². The van der Waals surface area contributed by atoms with Crippen LogP contribution in [0.4, 0.5) is 17.5 Å². The molecule has 5 amide bonds. The van der Waals surface area contributed by atoms with Crippen LogP contribution in [0.25, 0.3) is 0 Å². The molecule has 0 radical (unpaired) electrons. The van der Waals surface area contributed by atoms with Crippen LogP contribution < -0.4 is 43.4 Å². The predicted molar refractivity (Wildman–Crippen MR) is 216 cm³/mol. The summed E-state index contributed by atoms with van der Waals surface area (Å²) in [6, 6.07) is 2.34. The van der Waals surface area contributed by atoms with Gasteiger partial charge in [0.25, 0.3) is 17.7 Å². The molecule has 60 heavy (non-hydrogen) atoms. The summed E-state index contributed by atoms with van der Waals surface area (Å²) in [4.78, 5) is 73.4. The predicted octanol–water partition coefficient (Wildman–Crippen LogP) is -0.724. The van der Waals surface area contributed by atoms with Gasteiger partial charge in [0.05, 0.1) is 38.5 Å². The fraction of sp³-hybridized carbons (Fsp3) is 0.600. The van der Waals surface area contributed by atoms with Gasteiger partial charge < -0.3 is 67.7 Å². The van der Waals surface area contributed by atoms with Crippen LogP contribution in [0.1, 0.15) is 82.8 Å². The second-order valence-corrected chi connectivity index (χ2v) is 13.2. The Hall–Kier alpha value is -5.86. The Bertz CT molecular complexity index is 1780. The number of nitro groups is 1. The first-order valence-electron chi connectivity index (χ1n) is 19.7. The number of nitrogens with zero attached hydrogens (tertiary/aromatic N) is 4. The van der Waals surface area contributed by atoms with Gasteiger partial charge in [0, 0.05) is 38.4 Å². The maximum Gasteiger partial charge on any atom is 0.343 e. The van der Waals surface area contributed by atoms with Gasteiger partial charge in [-0.05, 0) is 70.0 Å². The number of carbonyl (C=O) groups excluding carboxylic acids is 5. The molecule has 0 bridgehead atoms. The van der Waals surface area contributed by atoms with Crippen molar-refractivity contribution in [2.45, 2.75) is 63.5 Å². The number of unbranched alkanes of at least 4 members (excludes halogenated alkanes) is 2. The summed E-state index contributed by atoms with van der Waals surface area (Å²) >= 11 is 0. The maximum absolute atomic E-state index is 13.1. The molecule has 0 fully saturated rings. The molecule has 2 atom stereocenters. The van der Waals surface area contributed by atoms with Crippen molar-refractivity contribution in [3.8, 4) is 0 Å². The van der Waals surface area contributed by atoms with Crippen molar-refractivity contribution in [1.82, 2.24) is 51.9 Å². The van der Waals surface area contributed by atoms with Crippen molar-refractivity contribution < 1.29 is 43.1 Å². The van der Waals surface area contributed by atoms with Gasteiger partial charge in [-0.25, -0.2) is 0 Å². The van der Waals surface area contributed by atoms with Crippen LogP contribution in [0.5, 0.6) is 0 Å². The molecule has 0 aliphatic heterocycles. The zero-order chi connectivity index (χ0) is 43.5. The molecule has 25 heteroatoms. The van der Waals surface area contributed by atoms with E-state index in [9.17, 15) is 34.1 Å². The third kappa shape index (κ3) is 18.0. The number of rotatable bonds is 32. The summed E-state index contributed by atoms with van der Waals surface area (Å²) in [6.07, 6.45) is 5.34. The number of hydrogen-bond acceptors (Lipinski definition) is 16. The second-order valence-electron chi connectivity index (χ2n) is 13.2. The molecular formula is C35H57N15O10. The third-order valence-corrected chi connectivity index (χ3v) is 8.58. The van der Waals surface area contributed by atoms with Crippen LogP contribution in [0.15, 0.2) is 18.2 Å². The number of aromatic amines is 3. The standard InChI is InChI=1S/C35H57N15O10/c1-38-23(8-2-4-10-36)31(51)39-12-6-14-58-16-18-60-19-17-59-15-7-13-40-32(52)24(9-3-5-11-37)41-33(53)25-20-28(47-44-25)42-34(54)26-21-29(48-45-26)43-35(55)27-22-30(49-46-27)50(56)57/h20-24,38H,2-19,36-37H2,1H3,(H,39,51)(H,40,52)(H,41,53)(H,46,49)(H2,42,44,47,54)(H2,43,45,48,55)/t23-,24-/m0/s1. The topological polar surface area (TPSA) is 366 Å². The van der Waals surface area contributed by atoms with Gasteiger partial charge in [-0.1, -0.05) is 11.5 Å². The molecule has 13 N–H and O–H groups in total. The van der Waals surface area contributed by atoms with E-state index in [1.165, 1.54) is 12.1 Å². The zero-order valence-corrected chi connectivity index (χ0v) is 33.6. The lowest BCUT2D eigenvalue weighted by Gasteiger charge is -2.18. The summed E-state index contributed by atoms with van der Waals surface area (Å²) in [7, 11) is 1.77. The Kier molecular flexibility index (Phi) is 22.4. The number of aromatic nitrogens is 6. The first kappa shape index (κ1) is 48.5. The average molecular weight is 848 g/mol. The SMILES string of the molecule is CN[C@@H](CCCCN)C(=O)NCCCOCCOCCOCCCNC(=O)[C@H](CCCCN)NC(=O)c1cc(NC(=O)c2cc(NC(=O)c3cc([N+](=O)[O-])[nH]n3)n[nH]2)n[nH]1. The molecule has 0 saturated heterocycles. The van der Waals surface area contributed by atoms with E-state index in [-0.39, 0.29) is 46.6 Å². The highest BCUT2D eigenvalue weighted by molar-refractivity contribution is 6.06.